The van der Waals surface area contributed by atoms with Crippen molar-refractivity contribution in [1.82, 2.24) is 20.1 Å². The molecule has 3 heterocycles. The number of benzene rings is 2. The van der Waals surface area contributed by atoms with Gasteiger partial charge >= 0.3 is 0 Å². The van der Waals surface area contributed by atoms with Crippen molar-refractivity contribution in [1.29, 1.82) is 0 Å². The van der Waals surface area contributed by atoms with Crippen LogP contribution in [-0.4, -0.2) is 39.4 Å². The van der Waals surface area contributed by atoms with E-state index in [9.17, 15) is 5.11 Å². The van der Waals surface area contributed by atoms with Gasteiger partial charge in [0, 0.05) is 27.6 Å². The van der Waals surface area contributed by atoms with Gasteiger partial charge in [0.2, 0.25) is 0 Å². The molecule has 0 radical (unpaired) electrons. The monoisotopic (exact) mass is 472 g/mol. The third-order valence-corrected chi connectivity index (χ3v) is 6.32. The topological polar surface area (TPSA) is 106 Å². The molecule has 5 aromatic rings. The Morgan fingerprint density at radius 3 is 2.34 bits per heavy atom. The van der Waals surface area contributed by atoms with Crippen LogP contribution in [0.25, 0.3) is 44.3 Å². The minimum Gasteiger partial charge on any atom is -0.496 e. The van der Waals surface area contributed by atoms with E-state index >= 15 is 0 Å². The van der Waals surface area contributed by atoms with E-state index in [1.807, 2.05) is 51.1 Å². The standard InChI is InChI=1S/C27H28N4O4/c1-13-23(14(2)35-31-13)18-11-20-17(12-22(18)34-7)24-25(28-15(3)29-26(24)30-20)16-8-9-21(33-6)19(10-16)27(4,5)32/h8-12,32H,1-7H3,(H,28,29,30). The van der Waals surface area contributed by atoms with Crippen LogP contribution in [0.5, 0.6) is 11.5 Å². The van der Waals surface area contributed by atoms with Gasteiger partial charge in [-0.2, -0.15) is 0 Å². The molecule has 0 atom stereocenters. The number of rotatable bonds is 5. The summed E-state index contributed by atoms with van der Waals surface area (Å²) in [6, 6.07) is 9.77. The highest BCUT2D eigenvalue weighted by atomic mass is 16.5. The van der Waals surface area contributed by atoms with Gasteiger partial charge in [-0.3, -0.25) is 0 Å². The van der Waals surface area contributed by atoms with Crippen molar-refractivity contribution in [2.24, 2.45) is 0 Å². The van der Waals surface area contributed by atoms with Gasteiger partial charge in [-0.1, -0.05) is 5.16 Å². The lowest BCUT2D eigenvalue weighted by Gasteiger charge is -2.21. The smallest absolute Gasteiger partial charge is 0.142 e. The number of H-pyrrole nitrogens is 1. The van der Waals surface area contributed by atoms with Crippen molar-refractivity contribution in [2.45, 2.75) is 40.2 Å². The minimum atomic E-state index is -1.09. The van der Waals surface area contributed by atoms with Gasteiger partial charge in [-0.05, 0) is 65.0 Å². The largest absolute Gasteiger partial charge is 0.496 e. The first-order valence-corrected chi connectivity index (χ1v) is 11.3. The van der Waals surface area contributed by atoms with Crippen molar-refractivity contribution in [3.8, 4) is 33.9 Å². The highest BCUT2D eigenvalue weighted by Gasteiger charge is 2.24. The Labute approximate surface area is 202 Å². The molecule has 0 aliphatic heterocycles. The van der Waals surface area contributed by atoms with Crippen LogP contribution in [-0.2, 0) is 5.60 Å². The summed E-state index contributed by atoms with van der Waals surface area (Å²) >= 11 is 0. The fourth-order valence-electron chi connectivity index (χ4n) is 4.71. The first-order valence-electron chi connectivity index (χ1n) is 11.3. The summed E-state index contributed by atoms with van der Waals surface area (Å²) in [6.07, 6.45) is 0. The van der Waals surface area contributed by atoms with Crippen LogP contribution in [0.15, 0.2) is 34.9 Å². The van der Waals surface area contributed by atoms with Crippen molar-refractivity contribution in [2.75, 3.05) is 14.2 Å². The van der Waals surface area contributed by atoms with E-state index in [1.165, 1.54) is 0 Å². The van der Waals surface area contributed by atoms with Crippen LogP contribution < -0.4 is 9.47 Å². The van der Waals surface area contributed by atoms with Crippen LogP contribution in [0.2, 0.25) is 0 Å². The Kier molecular flexibility index (Phi) is 5.29. The summed E-state index contributed by atoms with van der Waals surface area (Å²) in [5, 5.41) is 16.7. The molecule has 0 fully saturated rings. The van der Waals surface area contributed by atoms with E-state index in [0.717, 1.165) is 55.8 Å². The summed E-state index contributed by atoms with van der Waals surface area (Å²) in [5.74, 6) is 2.68. The molecule has 3 aromatic heterocycles. The molecule has 180 valence electrons. The number of aromatic amines is 1. The molecule has 2 aromatic carbocycles. The molecule has 2 N–H and O–H groups in total. The molecule has 8 heteroatoms. The van der Waals surface area contributed by atoms with Crippen LogP contribution >= 0.6 is 0 Å². The van der Waals surface area contributed by atoms with E-state index in [2.05, 4.69) is 15.1 Å². The summed E-state index contributed by atoms with van der Waals surface area (Å²) in [7, 11) is 3.25. The zero-order valence-corrected chi connectivity index (χ0v) is 20.9. The predicted molar refractivity (Wildman–Crippen MR) is 135 cm³/mol. The highest BCUT2D eigenvalue weighted by molar-refractivity contribution is 6.13. The SMILES string of the molecule is COc1cc2c(cc1-c1c(C)noc1C)[nH]c1nc(C)nc(-c3ccc(OC)c(C(C)(C)O)c3)c12. The van der Waals surface area contributed by atoms with Crippen LogP contribution in [0.4, 0.5) is 0 Å². The number of nitrogens with zero attached hydrogens (tertiary/aromatic N) is 3. The fraction of sp³-hybridized carbons (Fsp3) is 0.296. The molecule has 35 heavy (non-hydrogen) atoms. The normalized spacial score (nSPS) is 12.0. The van der Waals surface area contributed by atoms with Crippen LogP contribution in [0, 0.1) is 20.8 Å². The molecule has 0 saturated carbocycles. The Balaban J connectivity index is 1.82. The highest BCUT2D eigenvalue weighted by Crippen LogP contribution is 2.42. The number of hydrogen-bond acceptors (Lipinski definition) is 7. The molecule has 0 aliphatic rings. The second-order valence-corrected chi connectivity index (χ2v) is 9.24. The number of aliphatic hydroxyl groups is 1. The van der Waals surface area contributed by atoms with Crippen molar-refractivity contribution >= 4 is 21.9 Å². The average molecular weight is 473 g/mol. The zero-order valence-electron chi connectivity index (χ0n) is 20.9. The molecule has 0 bridgehead atoms. The van der Waals surface area contributed by atoms with Crippen molar-refractivity contribution in [3.05, 3.63) is 53.2 Å². The van der Waals surface area contributed by atoms with Crippen molar-refractivity contribution in [3.63, 3.8) is 0 Å². The first-order chi connectivity index (χ1) is 16.6. The lowest BCUT2D eigenvalue weighted by Crippen LogP contribution is -2.17. The van der Waals surface area contributed by atoms with Gasteiger partial charge in [-0.15, -0.1) is 0 Å². The van der Waals surface area contributed by atoms with E-state index < -0.39 is 5.60 Å². The Hall–Kier alpha value is -3.91. The number of hydrogen-bond donors (Lipinski definition) is 2. The van der Waals surface area contributed by atoms with Gasteiger partial charge < -0.3 is 24.1 Å². The second-order valence-electron chi connectivity index (χ2n) is 9.24. The number of ether oxygens (including phenoxy) is 2. The molecule has 0 saturated heterocycles. The third-order valence-electron chi connectivity index (χ3n) is 6.32. The fourth-order valence-corrected chi connectivity index (χ4v) is 4.71. The number of aromatic nitrogens is 4. The Morgan fingerprint density at radius 2 is 1.71 bits per heavy atom. The van der Waals surface area contributed by atoms with E-state index in [1.54, 1.807) is 28.1 Å². The molecular formula is C27H28N4O4. The van der Waals surface area contributed by atoms with Gasteiger partial charge in [0.15, 0.2) is 0 Å². The van der Waals surface area contributed by atoms with Gasteiger partial charge in [0.05, 0.1) is 42.2 Å². The first kappa shape index (κ1) is 22.9. The molecule has 0 amide bonds. The quantitative estimate of drug-likeness (QED) is 0.343. The predicted octanol–water partition coefficient (Wildman–Crippen LogP) is 5.60. The molecule has 0 spiro atoms. The number of aryl methyl sites for hydroxylation is 3. The number of methoxy groups -OCH3 is 2. The lowest BCUT2D eigenvalue weighted by molar-refractivity contribution is 0.0757. The number of fused-ring (bicyclic) bond motifs is 3. The lowest BCUT2D eigenvalue weighted by atomic mass is 9.93. The maximum absolute atomic E-state index is 10.8. The van der Waals surface area contributed by atoms with Crippen molar-refractivity contribution < 1.29 is 19.1 Å². The van der Waals surface area contributed by atoms with Gasteiger partial charge in [-0.25, -0.2) is 9.97 Å². The van der Waals surface area contributed by atoms with E-state index in [4.69, 9.17) is 19.0 Å². The third kappa shape index (κ3) is 3.70. The average Bonchev–Trinajstić information content (AvgIpc) is 3.34. The second kappa shape index (κ2) is 8.09. The summed E-state index contributed by atoms with van der Waals surface area (Å²) in [4.78, 5) is 12.9. The van der Waals surface area contributed by atoms with E-state index in [-0.39, 0.29) is 0 Å². The maximum atomic E-state index is 10.8. The van der Waals surface area contributed by atoms with Crippen LogP contribution in [0.1, 0.15) is 36.7 Å². The Bertz CT molecular complexity index is 1570. The minimum absolute atomic E-state index is 0.618. The van der Waals surface area contributed by atoms with Crippen LogP contribution in [0.3, 0.4) is 0 Å². The summed E-state index contributed by atoms with van der Waals surface area (Å²) < 4.78 is 16.7. The number of nitrogens with one attached hydrogen (secondary N) is 1. The van der Waals surface area contributed by atoms with E-state index in [0.29, 0.717) is 22.9 Å². The van der Waals surface area contributed by atoms with Gasteiger partial charge in [0.25, 0.3) is 0 Å². The zero-order chi connectivity index (χ0) is 25.1. The molecular weight excluding hydrogens is 444 g/mol. The van der Waals surface area contributed by atoms with Gasteiger partial charge in [0.1, 0.15) is 28.7 Å². The molecule has 5 rings (SSSR count). The molecule has 0 aliphatic carbocycles. The summed E-state index contributed by atoms with van der Waals surface area (Å²) in [6.45, 7) is 9.15. The maximum Gasteiger partial charge on any atom is 0.142 e. The Morgan fingerprint density at radius 1 is 0.971 bits per heavy atom. The summed E-state index contributed by atoms with van der Waals surface area (Å²) in [5.41, 5.74) is 5.43. The molecule has 8 nitrogen and oxygen atoms in total. The molecule has 0 unspecified atom stereocenters.